The van der Waals surface area contributed by atoms with Gasteiger partial charge in [-0.05, 0) is 12.2 Å². The zero-order valence-electron chi connectivity index (χ0n) is 35.8. The van der Waals surface area contributed by atoms with Crippen LogP contribution in [0, 0.1) is 77.6 Å². The number of hydrogen-bond donors (Lipinski definition) is 4. The standard InChI is InChI=1S/C12H17N4O2.C12H18N3OS.C11H16N3O.3C2H5.3W/c1-3-5-7-12(15-16-12)8-6-11(18)14-9-13-10(17)4-2;1-3-5-6-12(14-15-12)7-9-17-10-8-13-11(16)4-2;1-3-5-7-11(13-14-11)8-6-9-12-10(15)4-2;3*1-2;;;/h1,9H,4-8H2,2H3,(H,13,17)(H,14,18);1,8H,4-7,9-10H2,2H3,(H,13,16);1,9H,4-8H2,2H3,(H,12,15);3*1H2,2H3;;;/q6*-1;3*+2. The molecule has 0 saturated carbocycles. The van der Waals surface area contributed by atoms with Crippen LogP contribution in [0.2, 0.25) is 0 Å². The molecular weight excluding hydrogens is 1280 g/mol. The third-order valence-electron chi connectivity index (χ3n) is 7.40. The molecule has 0 aromatic heterocycles. The van der Waals surface area contributed by atoms with Gasteiger partial charge in [0.05, 0.1) is 0 Å². The number of carbonyl (C=O) groups excluding carboxylic acids is 4. The minimum absolute atomic E-state index is 0. The summed E-state index contributed by atoms with van der Waals surface area (Å²) in [6.07, 6.45) is 24.8. The summed E-state index contributed by atoms with van der Waals surface area (Å²) in [5.41, 5.74) is -0.845. The molecule has 3 heterocycles. The van der Waals surface area contributed by atoms with Gasteiger partial charge in [0.1, 0.15) is 0 Å². The fraction of sp³-hybridized carbons (Fsp3) is 0.610. The molecule has 0 radical (unpaired) electrons. The topological polar surface area (TPSA) is 191 Å². The molecule has 59 heavy (non-hydrogen) atoms. The molecule has 0 aromatic carbocycles. The molecule has 3 aliphatic heterocycles. The van der Waals surface area contributed by atoms with Crippen LogP contribution in [-0.2, 0) is 82.4 Å². The predicted octanol–water partition coefficient (Wildman–Crippen LogP) is 8.02. The molecule has 3 aliphatic rings. The molecule has 4 N–H and O–H groups in total. The summed E-state index contributed by atoms with van der Waals surface area (Å²) < 4.78 is 0. The Morgan fingerprint density at radius 3 is 1.29 bits per heavy atom. The van der Waals surface area contributed by atoms with Crippen LogP contribution in [0.1, 0.15) is 131 Å². The van der Waals surface area contributed by atoms with E-state index in [4.69, 9.17) is 19.3 Å². The minimum atomic E-state index is -0.434. The zero-order valence-corrected chi connectivity index (χ0v) is 45.5. The van der Waals surface area contributed by atoms with Gasteiger partial charge in [-0.15, -0.1) is 42.8 Å². The van der Waals surface area contributed by atoms with Crippen molar-refractivity contribution in [3.8, 4) is 37.0 Å². The Morgan fingerprint density at radius 1 is 0.542 bits per heavy atom. The largest absolute Gasteiger partial charge is 2.00 e. The van der Waals surface area contributed by atoms with Crippen LogP contribution < -0.4 is 21.3 Å². The number of carbonyl (C=O) groups is 4. The predicted molar refractivity (Wildman–Crippen MR) is 227 cm³/mol. The number of terminal acetylenes is 3. The van der Waals surface area contributed by atoms with E-state index in [0.29, 0.717) is 51.4 Å². The van der Waals surface area contributed by atoms with Crippen molar-refractivity contribution in [2.45, 2.75) is 148 Å². The maximum absolute atomic E-state index is 11.4. The normalized spacial score (nSPS) is 13.2. The Labute approximate surface area is 404 Å². The first-order chi connectivity index (χ1) is 27.1. The van der Waals surface area contributed by atoms with Crippen molar-refractivity contribution in [2.75, 3.05) is 11.5 Å². The summed E-state index contributed by atoms with van der Waals surface area (Å²) in [7, 11) is 0. The maximum Gasteiger partial charge on any atom is 2.00 e. The van der Waals surface area contributed by atoms with Crippen LogP contribution in [0.5, 0.6) is 0 Å². The Kier molecular flexibility index (Phi) is 52.6. The van der Waals surface area contributed by atoms with E-state index in [1.807, 2.05) is 13.8 Å². The van der Waals surface area contributed by atoms with Crippen LogP contribution in [0.4, 0.5) is 0 Å². The number of hydrogen-bond acceptors (Lipinski definition) is 11. The zero-order chi connectivity index (χ0) is 43.1. The number of rotatable bonds is 24. The van der Waals surface area contributed by atoms with Gasteiger partial charge >= 0.3 is 63.2 Å². The van der Waals surface area contributed by atoms with E-state index in [2.05, 4.69) is 90.5 Å². The summed E-state index contributed by atoms with van der Waals surface area (Å²) in [4.78, 5) is 44.2. The number of nitrogens with zero attached hydrogens (tertiary/aromatic N) is 6. The van der Waals surface area contributed by atoms with Gasteiger partial charge in [0.25, 0.3) is 0 Å². The number of thioether (sulfide) groups is 1. The van der Waals surface area contributed by atoms with E-state index >= 15 is 0 Å². The van der Waals surface area contributed by atoms with E-state index in [9.17, 15) is 19.2 Å². The van der Waals surface area contributed by atoms with Gasteiger partial charge in [-0.1, -0.05) is 20.8 Å². The van der Waals surface area contributed by atoms with Crippen molar-refractivity contribution in [2.24, 2.45) is 30.7 Å². The fourth-order valence-corrected chi connectivity index (χ4v) is 4.76. The summed E-state index contributed by atoms with van der Waals surface area (Å²) in [5.74, 6) is 9.30. The second-order valence-electron chi connectivity index (χ2n) is 11.4. The molecule has 14 nitrogen and oxygen atoms in total. The van der Waals surface area contributed by atoms with Gasteiger partial charge in [0.15, 0.2) is 40.6 Å². The third-order valence-corrected chi connectivity index (χ3v) is 8.30. The molecule has 0 atom stereocenters. The van der Waals surface area contributed by atoms with Gasteiger partial charge in [-0.2, -0.15) is 76.3 Å². The van der Waals surface area contributed by atoms with E-state index in [-0.39, 0.29) is 98.2 Å². The number of amides is 4. The quantitative estimate of drug-likeness (QED) is 0.0432. The Hall–Kier alpha value is -2.23. The minimum Gasteiger partial charge on any atom is -0.506 e. The van der Waals surface area contributed by atoms with E-state index < -0.39 is 5.66 Å². The molecule has 0 bridgehead atoms. The second-order valence-corrected chi connectivity index (χ2v) is 12.6. The Balaban J connectivity index is -0.000000164. The van der Waals surface area contributed by atoms with Crippen molar-refractivity contribution in [3.05, 3.63) is 40.5 Å². The molecule has 0 aromatic rings. The summed E-state index contributed by atoms with van der Waals surface area (Å²) in [6.45, 7) is 25.2. The van der Waals surface area contributed by atoms with E-state index in [1.165, 1.54) is 6.67 Å². The van der Waals surface area contributed by atoms with Gasteiger partial charge in [0.2, 0.25) is 0 Å². The Morgan fingerprint density at radius 2 is 0.898 bits per heavy atom. The van der Waals surface area contributed by atoms with Crippen molar-refractivity contribution in [1.29, 1.82) is 0 Å². The van der Waals surface area contributed by atoms with Crippen LogP contribution >= 0.6 is 11.8 Å². The second kappa shape index (κ2) is 45.3. The van der Waals surface area contributed by atoms with Gasteiger partial charge in [-0.25, -0.2) is 13.1 Å². The molecular formula is C41H66N10O4SW3. The molecule has 18 heteroatoms. The molecule has 328 valence electrons. The van der Waals surface area contributed by atoms with Crippen molar-refractivity contribution in [1.82, 2.24) is 21.3 Å². The Bertz CT molecular complexity index is 1310. The summed E-state index contributed by atoms with van der Waals surface area (Å²) >= 11 is 1.76. The smallest absolute Gasteiger partial charge is 0.506 e. The fourth-order valence-electron chi connectivity index (χ4n) is 3.92. The average molecular weight is 1350 g/mol. The molecule has 0 fully saturated rings. The van der Waals surface area contributed by atoms with Gasteiger partial charge in [0, 0.05) is 77.0 Å². The SMILES string of the molecule is C#CCCC1(CCC(=O)N[CH-]NC(=O)CC)N=N1.C#CCCC1(CCSC[CH-]NC(=O)CC)N=N1.C#CCCC1(CC[CH-]NC(=O)CC)N=N1.[CH2-]C.[CH2-]C.[CH2-]C.[W+2].[W+2].[W+2]. The summed E-state index contributed by atoms with van der Waals surface area (Å²) in [6, 6.07) is 0. The summed E-state index contributed by atoms with van der Waals surface area (Å²) in [5, 5.41) is 34.4. The first-order valence-corrected chi connectivity index (χ1v) is 20.2. The van der Waals surface area contributed by atoms with Crippen molar-refractivity contribution >= 4 is 35.4 Å². The van der Waals surface area contributed by atoms with Gasteiger partial charge in [-0.3, -0.25) is 19.2 Å². The van der Waals surface area contributed by atoms with Crippen LogP contribution in [-0.4, -0.2) is 52.1 Å². The van der Waals surface area contributed by atoms with E-state index in [0.717, 1.165) is 50.0 Å². The van der Waals surface area contributed by atoms with Crippen LogP contribution in [0.25, 0.3) is 0 Å². The van der Waals surface area contributed by atoms with Crippen LogP contribution in [0.3, 0.4) is 0 Å². The molecule has 0 saturated heterocycles. The molecule has 0 spiro atoms. The molecule has 4 amide bonds. The van der Waals surface area contributed by atoms with Crippen LogP contribution in [0.15, 0.2) is 30.7 Å². The number of nitrogens with one attached hydrogen (secondary N) is 4. The molecule has 3 rings (SSSR count). The van der Waals surface area contributed by atoms with E-state index in [1.54, 1.807) is 52.5 Å². The molecule has 0 aliphatic carbocycles. The van der Waals surface area contributed by atoms with Gasteiger partial charge < -0.3 is 42.0 Å². The van der Waals surface area contributed by atoms with Crippen molar-refractivity contribution in [3.63, 3.8) is 0 Å². The molecule has 0 unspecified atom stereocenters. The van der Waals surface area contributed by atoms with Crippen molar-refractivity contribution < 1.29 is 82.4 Å². The first-order valence-electron chi connectivity index (χ1n) is 19.0. The third kappa shape index (κ3) is 39.7. The monoisotopic (exact) mass is 1350 g/mol. The average Bonchev–Trinajstić information content (AvgIpc) is 4.16. The first kappa shape index (κ1) is 68.5. The maximum atomic E-state index is 11.4.